The highest BCUT2D eigenvalue weighted by Crippen LogP contribution is 2.34. The average molecular weight is 367 g/mol. The van der Waals surface area contributed by atoms with E-state index in [4.69, 9.17) is 0 Å². The Labute approximate surface area is 170 Å². The fourth-order valence-electron chi connectivity index (χ4n) is 3.81. The molecule has 0 spiro atoms. The van der Waals surface area contributed by atoms with Gasteiger partial charge in [-0.05, 0) is 71.2 Å². The molecule has 0 aliphatic carbocycles. The maximum Gasteiger partial charge on any atom is -0.0149 e. The van der Waals surface area contributed by atoms with Gasteiger partial charge in [0.15, 0.2) is 0 Å². The quantitative estimate of drug-likeness (QED) is 0.415. The molecule has 0 unspecified atom stereocenters. The summed E-state index contributed by atoms with van der Waals surface area (Å²) >= 11 is 0. The Bertz CT molecular complexity index is 891. The minimum Gasteiger partial charge on any atom is -0.0763 e. The van der Waals surface area contributed by atoms with Gasteiger partial charge in [0.25, 0.3) is 0 Å². The number of hydrogen-bond acceptors (Lipinski definition) is 0. The highest BCUT2D eigenvalue weighted by atomic mass is 14.2. The predicted octanol–water partition coefficient (Wildman–Crippen LogP) is 7.99. The number of benzene rings is 3. The van der Waals surface area contributed by atoms with E-state index in [0.29, 0.717) is 0 Å². The first-order valence-electron chi connectivity index (χ1n) is 10.3. The average Bonchev–Trinajstić information content (AvgIpc) is 2.74. The number of rotatable bonds is 6. The van der Waals surface area contributed by atoms with Crippen LogP contribution in [0.1, 0.15) is 60.1 Å². The first-order valence-corrected chi connectivity index (χ1v) is 10.3. The Morgan fingerprint density at radius 1 is 0.571 bits per heavy atom. The highest BCUT2D eigenvalue weighted by molar-refractivity contribution is 5.86. The van der Waals surface area contributed by atoms with Crippen molar-refractivity contribution in [1.29, 1.82) is 0 Å². The Morgan fingerprint density at radius 3 is 1.25 bits per heavy atom. The monoisotopic (exact) mass is 366 g/mol. The van der Waals surface area contributed by atoms with Crippen molar-refractivity contribution in [1.82, 2.24) is 0 Å². The first-order chi connectivity index (χ1) is 13.7. The minimum absolute atomic E-state index is 1.02. The summed E-state index contributed by atoms with van der Waals surface area (Å²) in [6.45, 7) is 8.93. The fraction of sp³-hybridized carbons (Fsp3) is 0.214. The number of hydrogen-bond donors (Lipinski definition) is 0. The lowest BCUT2D eigenvalue weighted by Crippen LogP contribution is -1.99. The molecule has 3 aromatic carbocycles. The number of allylic oxidation sites excluding steroid dienone is 2. The second-order valence-electron chi connectivity index (χ2n) is 7.19. The Kier molecular flexibility index (Phi) is 6.66. The van der Waals surface area contributed by atoms with E-state index in [1.165, 1.54) is 44.5 Å². The summed E-state index contributed by atoms with van der Waals surface area (Å²) in [6.07, 6.45) is 6.73. The second-order valence-corrected chi connectivity index (χ2v) is 7.19. The van der Waals surface area contributed by atoms with E-state index < -0.39 is 0 Å². The molecule has 142 valence electrons. The van der Waals surface area contributed by atoms with Gasteiger partial charge in [0, 0.05) is 0 Å². The van der Waals surface area contributed by atoms with Crippen molar-refractivity contribution in [3.63, 3.8) is 0 Å². The molecule has 0 radical (unpaired) electrons. The third-order valence-corrected chi connectivity index (χ3v) is 5.35. The van der Waals surface area contributed by atoms with Gasteiger partial charge in [-0.15, -0.1) is 0 Å². The lowest BCUT2D eigenvalue weighted by atomic mass is 9.86. The lowest BCUT2D eigenvalue weighted by molar-refractivity contribution is 1.21. The van der Waals surface area contributed by atoms with E-state index in [9.17, 15) is 0 Å². The van der Waals surface area contributed by atoms with Crippen LogP contribution < -0.4 is 0 Å². The third kappa shape index (κ3) is 4.17. The molecule has 0 saturated carbocycles. The van der Waals surface area contributed by atoms with E-state index in [0.717, 1.165) is 12.8 Å². The van der Waals surface area contributed by atoms with Gasteiger partial charge in [0.05, 0.1) is 0 Å². The molecule has 0 atom stereocenters. The molecule has 3 rings (SSSR count). The maximum absolute atomic E-state index is 2.34. The molecule has 0 heteroatoms. The summed E-state index contributed by atoms with van der Waals surface area (Å²) in [5, 5.41) is 0. The molecule has 3 aromatic rings. The lowest BCUT2D eigenvalue weighted by Gasteiger charge is -2.19. The maximum atomic E-state index is 2.34. The largest absolute Gasteiger partial charge is 0.0763 e. The van der Waals surface area contributed by atoms with E-state index in [2.05, 4.69) is 113 Å². The molecule has 0 saturated heterocycles. The zero-order valence-corrected chi connectivity index (χ0v) is 17.5. The van der Waals surface area contributed by atoms with Crippen molar-refractivity contribution in [2.45, 2.75) is 40.5 Å². The molecule has 0 aromatic heterocycles. The predicted molar refractivity (Wildman–Crippen MR) is 124 cm³/mol. The molecule has 0 fully saturated rings. The first kappa shape index (κ1) is 19.9. The van der Waals surface area contributed by atoms with Crippen LogP contribution in [0.25, 0.3) is 11.1 Å². The van der Waals surface area contributed by atoms with Crippen molar-refractivity contribution in [2.75, 3.05) is 0 Å². The van der Waals surface area contributed by atoms with E-state index >= 15 is 0 Å². The fourth-order valence-corrected chi connectivity index (χ4v) is 3.81. The molecule has 0 aliphatic rings. The van der Waals surface area contributed by atoms with Gasteiger partial charge in [-0.25, -0.2) is 0 Å². The van der Waals surface area contributed by atoms with Gasteiger partial charge >= 0.3 is 0 Å². The van der Waals surface area contributed by atoms with Crippen molar-refractivity contribution in [3.05, 3.63) is 118 Å². The third-order valence-electron chi connectivity index (χ3n) is 5.35. The SMILES string of the molecule is CC/C=C(/c1ccccc1)c1ccc(/C(=C\CC)c2ccccc2)c(C)c1C. The molecule has 0 amide bonds. The highest BCUT2D eigenvalue weighted by Gasteiger charge is 2.14. The van der Waals surface area contributed by atoms with Gasteiger partial charge in [-0.2, -0.15) is 0 Å². The summed E-state index contributed by atoms with van der Waals surface area (Å²) < 4.78 is 0. The molecular weight excluding hydrogens is 336 g/mol. The van der Waals surface area contributed by atoms with Crippen molar-refractivity contribution in [3.8, 4) is 0 Å². The molecule has 28 heavy (non-hydrogen) atoms. The van der Waals surface area contributed by atoms with Crippen LogP contribution in [0, 0.1) is 13.8 Å². The smallest absolute Gasteiger partial charge is 0.0149 e. The van der Waals surface area contributed by atoms with Crippen LogP contribution in [0.15, 0.2) is 84.9 Å². The van der Waals surface area contributed by atoms with Crippen LogP contribution in [0.4, 0.5) is 0 Å². The summed E-state index contributed by atoms with van der Waals surface area (Å²) in [6, 6.07) is 26.1. The zero-order chi connectivity index (χ0) is 19.9. The summed E-state index contributed by atoms with van der Waals surface area (Å²) in [7, 11) is 0. The molecule has 0 aliphatic heterocycles. The Balaban J connectivity index is 2.13. The van der Waals surface area contributed by atoms with Gasteiger partial charge in [0.2, 0.25) is 0 Å². The molecular formula is C28H30. The second kappa shape index (κ2) is 9.37. The topological polar surface area (TPSA) is 0 Å². The van der Waals surface area contributed by atoms with Crippen LogP contribution in [0.3, 0.4) is 0 Å². The molecule has 0 bridgehead atoms. The summed E-state index contributed by atoms with van der Waals surface area (Å²) in [5.41, 5.74) is 10.6. The van der Waals surface area contributed by atoms with Crippen molar-refractivity contribution < 1.29 is 0 Å². The van der Waals surface area contributed by atoms with Gasteiger partial charge < -0.3 is 0 Å². The summed E-state index contributed by atoms with van der Waals surface area (Å²) in [4.78, 5) is 0. The molecule has 0 nitrogen and oxygen atoms in total. The van der Waals surface area contributed by atoms with E-state index in [1.54, 1.807) is 0 Å². The van der Waals surface area contributed by atoms with Crippen molar-refractivity contribution in [2.24, 2.45) is 0 Å². The standard InChI is InChI=1S/C28H30/c1-5-13-27(23-15-9-7-10-16-23)25-19-20-26(22(4)21(25)3)28(14-6-2)24-17-11-8-12-18-24/h7-20H,5-6H2,1-4H3/b27-13-,28-14-. The molecule has 0 N–H and O–H groups in total. The van der Waals surface area contributed by atoms with Gasteiger partial charge in [-0.3, -0.25) is 0 Å². The zero-order valence-electron chi connectivity index (χ0n) is 17.5. The van der Waals surface area contributed by atoms with Gasteiger partial charge in [0.1, 0.15) is 0 Å². The summed E-state index contributed by atoms with van der Waals surface area (Å²) in [5.74, 6) is 0. The minimum atomic E-state index is 1.02. The van der Waals surface area contributed by atoms with Crippen LogP contribution in [0.2, 0.25) is 0 Å². The van der Waals surface area contributed by atoms with Crippen LogP contribution >= 0.6 is 0 Å². The van der Waals surface area contributed by atoms with E-state index in [1.807, 2.05) is 0 Å². The normalized spacial score (nSPS) is 12.3. The van der Waals surface area contributed by atoms with Gasteiger partial charge in [-0.1, -0.05) is 98.8 Å². The van der Waals surface area contributed by atoms with Crippen LogP contribution in [-0.4, -0.2) is 0 Å². The Morgan fingerprint density at radius 2 is 0.929 bits per heavy atom. The Hall–Kier alpha value is -2.86. The molecule has 0 heterocycles. The van der Waals surface area contributed by atoms with Crippen LogP contribution in [0.5, 0.6) is 0 Å². The van der Waals surface area contributed by atoms with Crippen LogP contribution in [-0.2, 0) is 0 Å². The van der Waals surface area contributed by atoms with Crippen molar-refractivity contribution >= 4 is 11.1 Å². The van der Waals surface area contributed by atoms with E-state index in [-0.39, 0.29) is 0 Å².